The predicted molar refractivity (Wildman–Crippen MR) is 58.0 cm³/mol. The Hall–Kier alpha value is -1.55. The zero-order chi connectivity index (χ0) is 10.3. The van der Waals surface area contributed by atoms with Gasteiger partial charge >= 0.3 is 0 Å². The quantitative estimate of drug-likeness (QED) is 0.789. The zero-order valence-electron chi connectivity index (χ0n) is 8.60. The predicted octanol–water partition coefficient (Wildman–Crippen LogP) is 0.924. The highest BCUT2D eigenvalue weighted by atomic mass is 16.5. The van der Waals surface area contributed by atoms with E-state index < -0.39 is 0 Å². The largest absolute Gasteiger partial charge is 0.488 e. The maximum atomic E-state index is 5.78. The molecular weight excluding hydrogens is 190 g/mol. The van der Waals surface area contributed by atoms with Gasteiger partial charge in [0.15, 0.2) is 0 Å². The van der Waals surface area contributed by atoms with Crippen molar-refractivity contribution in [1.82, 2.24) is 15.1 Å². The van der Waals surface area contributed by atoms with Crippen LogP contribution >= 0.6 is 0 Å². The van der Waals surface area contributed by atoms with E-state index in [0.717, 1.165) is 29.7 Å². The Morgan fingerprint density at radius 3 is 3.07 bits per heavy atom. The molecule has 0 saturated carbocycles. The molecule has 0 unspecified atom stereocenters. The van der Waals surface area contributed by atoms with Crippen molar-refractivity contribution >= 4 is 10.9 Å². The number of fused-ring (bicyclic) bond motifs is 1. The lowest BCUT2D eigenvalue weighted by Crippen LogP contribution is -2.50. The van der Waals surface area contributed by atoms with Crippen LogP contribution in [0.25, 0.3) is 10.9 Å². The number of nitrogens with one attached hydrogen (secondary N) is 1. The van der Waals surface area contributed by atoms with E-state index in [1.54, 1.807) is 0 Å². The molecule has 1 aliphatic heterocycles. The fourth-order valence-electron chi connectivity index (χ4n) is 1.74. The van der Waals surface area contributed by atoms with Crippen LogP contribution in [-0.4, -0.2) is 29.0 Å². The molecule has 0 aliphatic carbocycles. The van der Waals surface area contributed by atoms with Gasteiger partial charge in [-0.05, 0) is 12.1 Å². The van der Waals surface area contributed by atoms with Gasteiger partial charge in [0.1, 0.15) is 11.9 Å². The summed E-state index contributed by atoms with van der Waals surface area (Å²) in [6.07, 6.45) is 2.19. The van der Waals surface area contributed by atoms with Gasteiger partial charge in [-0.25, -0.2) is 0 Å². The number of benzene rings is 1. The summed E-state index contributed by atoms with van der Waals surface area (Å²) >= 11 is 0. The molecule has 2 aromatic rings. The lowest BCUT2D eigenvalue weighted by atomic mass is 10.2. The van der Waals surface area contributed by atoms with Crippen molar-refractivity contribution in [2.75, 3.05) is 13.1 Å². The molecular formula is C11H13N3O. The van der Waals surface area contributed by atoms with Crippen LogP contribution in [0.5, 0.6) is 5.75 Å². The fourth-order valence-corrected chi connectivity index (χ4v) is 1.74. The highest BCUT2D eigenvalue weighted by Crippen LogP contribution is 2.21. The lowest BCUT2D eigenvalue weighted by molar-refractivity contribution is 0.142. The third-order valence-corrected chi connectivity index (χ3v) is 2.77. The first kappa shape index (κ1) is 8.73. The van der Waals surface area contributed by atoms with Gasteiger partial charge in [0.25, 0.3) is 0 Å². The van der Waals surface area contributed by atoms with E-state index in [-0.39, 0.29) is 0 Å². The second-order valence-corrected chi connectivity index (χ2v) is 3.89. The highest BCUT2D eigenvalue weighted by Gasteiger charge is 2.18. The minimum Gasteiger partial charge on any atom is -0.488 e. The van der Waals surface area contributed by atoms with Gasteiger partial charge in [-0.15, -0.1) is 0 Å². The average Bonchev–Trinajstić information content (AvgIpc) is 2.55. The third kappa shape index (κ3) is 1.47. The molecule has 1 aliphatic rings. The molecule has 2 heterocycles. The van der Waals surface area contributed by atoms with Crippen molar-refractivity contribution in [3.63, 3.8) is 0 Å². The smallest absolute Gasteiger partial charge is 0.123 e. The Morgan fingerprint density at radius 2 is 2.33 bits per heavy atom. The summed E-state index contributed by atoms with van der Waals surface area (Å²) < 4.78 is 7.64. The first-order valence-corrected chi connectivity index (χ1v) is 5.12. The standard InChI is InChI=1S/C11H13N3O/c1-14-11-4-9(15-10-6-12-7-10)3-2-8(11)5-13-14/h2-5,10,12H,6-7H2,1H3. The van der Waals surface area contributed by atoms with Crippen LogP contribution in [0.4, 0.5) is 0 Å². The second-order valence-electron chi connectivity index (χ2n) is 3.89. The van der Waals surface area contributed by atoms with Crippen molar-refractivity contribution in [1.29, 1.82) is 0 Å². The van der Waals surface area contributed by atoms with Crippen LogP contribution in [0.3, 0.4) is 0 Å². The summed E-state index contributed by atoms with van der Waals surface area (Å²) in [5.41, 5.74) is 1.11. The van der Waals surface area contributed by atoms with E-state index in [9.17, 15) is 0 Å². The zero-order valence-corrected chi connectivity index (χ0v) is 8.60. The van der Waals surface area contributed by atoms with E-state index >= 15 is 0 Å². The maximum Gasteiger partial charge on any atom is 0.123 e. The molecule has 78 valence electrons. The van der Waals surface area contributed by atoms with Crippen molar-refractivity contribution in [3.05, 3.63) is 24.4 Å². The second kappa shape index (κ2) is 3.24. The minimum absolute atomic E-state index is 0.329. The highest BCUT2D eigenvalue weighted by molar-refractivity contribution is 5.79. The average molecular weight is 203 g/mol. The fraction of sp³-hybridized carbons (Fsp3) is 0.364. The molecule has 0 bridgehead atoms. The number of nitrogens with zero attached hydrogens (tertiary/aromatic N) is 2. The molecule has 4 nitrogen and oxygen atoms in total. The third-order valence-electron chi connectivity index (χ3n) is 2.77. The number of hydrogen-bond acceptors (Lipinski definition) is 3. The SMILES string of the molecule is Cn1ncc2ccc(OC3CNC3)cc21. The number of aryl methyl sites for hydroxylation is 1. The van der Waals surface area contributed by atoms with Crippen molar-refractivity contribution in [2.24, 2.45) is 7.05 Å². The monoisotopic (exact) mass is 203 g/mol. The Morgan fingerprint density at radius 1 is 1.47 bits per heavy atom. The van der Waals surface area contributed by atoms with Gasteiger partial charge in [0.05, 0.1) is 11.7 Å². The van der Waals surface area contributed by atoms with E-state index in [1.807, 2.05) is 36.1 Å². The molecule has 15 heavy (non-hydrogen) atoms. The molecule has 1 aromatic heterocycles. The first-order valence-electron chi connectivity index (χ1n) is 5.12. The van der Waals surface area contributed by atoms with Gasteiger partial charge in [-0.3, -0.25) is 4.68 Å². The van der Waals surface area contributed by atoms with Crippen molar-refractivity contribution < 1.29 is 4.74 Å². The summed E-state index contributed by atoms with van der Waals surface area (Å²) in [6.45, 7) is 1.90. The number of hydrogen-bond donors (Lipinski definition) is 1. The minimum atomic E-state index is 0.329. The first-order chi connectivity index (χ1) is 7.33. The Labute approximate surface area is 87.8 Å². The van der Waals surface area contributed by atoms with Crippen LogP contribution in [-0.2, 0) is 7.05 Å². The molecule has 1 N–H and O–H groups in total. The summed E-state index contributed by atoms with van der Waals surface area (Å²) in [6, 6.07) is 6.09. The van der Waals surface area contributed by atoms with Crippen LogP contribution in [0.1, 0.15) is 0 Å². The lowest BCUT2D eigenvalue weighted by Gasteiger charge is -2.27. The number of rotatable bonds is 2. The molecule has 1 fully saturated rings. The van der Waals surface area contributed by atoms with Crippen LogP contribution < -0.4 is 10.1 Å². The van der Waals surface area contributed by atoms with Gasteiger partial charge < -0.3 is 10.1 Å². The van der Waals surface area contributed by atoms with E-state index in [1.165, 1.54) is 0 Å². The van der Waals surface area contributed by atoms with Gasteiger partial charge in [-0.2, -0.15) is 5.10 Å². The normalized spacial score (nSPS) is 16.6. The topological polar surface area (TPSA) is 39.1 Å². The number of ether oxygens (including phenoxy) is 1. The number of aromatic nitrogens is 2. The molecule has 0 atom stereocenters. The van der Waals surface area contributed by atoms with Crippen LogP contribution in [0, 0.1) is 0 Å². The van der Waals surface area contributed by atoms with Crippen molar-refractivity contribution in [3.8, 4) is 5.75 Å². The molecule has 1 saturated heterocycles. The summed E-state index contributed by atoms with van der Waals surface area (Å²) in [4.78, 5) is 0. The summed E-state index contributed by atoms with van der Waals surface area (Å²) in [5, 5.41) is 8.53. The Balaban J connectivity index is 1.93. The summed E-state index contributed by atoms with van der Waals surface area (Å²) in [5.74, 6) is 0.928. The van der Waals surface area contributed by atoms with Gasteiger partial charge in [0.2, 0.25) is 0 Å². The van der Waals surface area contributed by atoms with Crippen LogP contribution in [0.15, 0.2) is 24.4 Å². The molecule has 3 rings (SSSR count). The van der Waals surface area contributed by atoms with E-state index in [2.05, 4.69) is 10.4 Å². The summed E-state index contributed by atoms with van der Waals surface area (Å²) in [7, 11) is 1.94. The van der Waals surface area contributed by atoms with Gasteiger partial charge in [0, 0.05) is 31.6 Å². The molecule has 0 spiro atoms. The van der Waals surface area contributed by atoms with E-state index in [0.29, 0.717) is 6.10 Å². The molecule has 0 amide bonds. The molecule has 0 radical (unpaired) electrons. The Bertz CT molecular complexity index is 488. The van der Waals surface area contributed by atoms with Crippen LogP contribution in [0.2, 0.25) is 0 Å². The van der Waals surface area contributed by atoms with Gasteiger partial charge in [-0.1, -0.05) is 0 Å². The molecule has 4 heteroatoms. The van der Waals surface area contributed by atoms with Crippen molar-refractivity contribution in [2.45, 2.75) is 6.10 Å². The maximum absolute atomic E-state index is 5.78. The Kier molecular flexibility index (Phi) is 1.89. The van der Waals surface area contributed by atoms with E-state index in [4.69, 9.17) is 4.74 Å². The molecule has 1 aromatic carbocycles.